The van der Waals surface area contributed by atoms with Crippen LogP contribution in [0.3, 0.4) is 0 Å². The minimum absolute atomic E-state index is 0.447. The van der Waals surface area contributed by atoms with Gasteiger partial charge in [-0.05, 0) is 36.6 Å². The van der Waals surface area contributed by atoms with Crippen molar-refractivity contribution in [2.75, 3.05) is 14.2 Å². The molecule has 0 aliphatic heterocycles. The van der Waals surface area contributed by atoms with Gasteiger partial charge < -0.3 is 14.6 Å². The summed E-state index contributed by atoms with van der Waals surface area (Å²) >= 11 is 0. The molecule has 1 unspecified atom stereocenters. The third-order valence-corrected chi connectivity index (χ3v) is 3.40. The summed E-state index contributed by atoms with van der Waals surface area (Å²) in [6.45, 7) is 2.88. The van der Waals surface area contributed by atoms with Crippen LogP contribution in [0.4, 0.5) is 0 Å². The number of aliphatic hydroxyl groups excluding tert-OH is 1. The minimum Gasteiger partial charge on any atom is -0.493 e. The Labute approximate surface area is 125 Å². The molecule has 0 bridgehead atoms. The van der Waals surface area contributed by atoms with Crippen molar-refractivity contribution in [3.05, 3.63) is 41.7 Å². The lowest BCUT2D eigenvalue weighted by atomic mass is 10.0. The molecule has 1 atom stereocenters. The van der Waals surface area contributed by atoms with Crippen molar-refractivity contribution in [2.45, 2.75) is 32.4 Å². The normalized spacial score (nSPS) is 12.2. The summed E-state index contributed by atoms with van der Waals surface area (Å²) in [4.78, 5) is 0. The van der Waals surface area contributed by atoms with Crippen LogP contribution in [0.5, 0.6) is 11.5 Å². The van der Waals surface area contributed by atoms with Crippen LogP contribution in [0.1, 0.15) is 18.1 Å². The van der Waals surface area contributed by atoms with Gasteiger partial charge in [0.15, 0.2) is 11.5 Å². The first-order valence-electron chi connectivity index (χ1n) is 7.06. The van der Waals surface area contributed by atoms with Gasteiger partial charge in [-0.1, -0.05) is 6.07 Å². The third kappa shape index (κ3) is 3.98. The molecule has 0 amide bonds. The molecular weight excluding hydrogens is 268 g/mol. The van der Waals surface area contributed by atoms with Crippen molar-refractivity contribution in [3.63, 3.8) is 0 Å². The number of nitrogens with zero attached hydrogens (tertiary/aromatic N) is 2. The highest BCUT2D eigenvalue weighted by molar-refractivity contribution is 5.43. The van der Waals surface area contributed by atoms with Crippen molar-refractivity contribution >= 4 is 0 Å². The predicted octanol–water partition coefficient (Wildman–Crippen LogP) is 2.07. The van der Waals surface area contributed by atoms with Gasteiger partial charge in [0.25, 0.3) is 0 Å². The Kier molecular flexibility index (Phi) is 5.22. The lowest BCUT2D eigenvalue weighted by Gasteiger charge is -2.12. The van der Waals surface area contributed by atoms with E-state index in [0.29, 0.717) is 24.3 Å². The standard InChI is InChI=1S/C16H22N2O3/c1-4-18-11-13(10-17-18)8-14(19)7-12-5-6-15(20-2)16(9-12)21-3/h5-6,9-11,14,19H,4,7-8H2,1-3H3. The Morgan fingerprint density at radius 1 is 1.14 bits per heavy atom. The number of aliphatic hydroxyl groups is 1. The first kappa shape index (κ1) is 15.4. The van der Waals surface area contributed by atoms with Crippen LogP contribution >= 0.6 is 0 Å². The van der Waals surface area contributed by atoms with Crippen molar-refractivity contribution in [2.24, 2.45) is 0 Å². The van der Waals surface area contributed by atoms with E-state index in [1.165, 1.54) is 0 Å². The number of hydrogen-bond acceptors (Lipinski definition) is 4. The summed E-state index contributed by atoms with van der Waals surface area (Å²) in [5, 5.41) is 14.4. The van der Waals surface area contributed by atoms with E-state index >= 15 is 0 Å². The van der Waals surface area contributed by atoms with Gasteiger partial charge in [-0.25, -0.2) is 0 Å². The van der Waals surface area contributed by atoms with Crippen LogP contribution in [0.2, 0.25) is 0 Å². The number of benzene rings is 1. The number of aromatic nitrogens is 2. The van der Waals surface area contributed by atoms with E-state index < -0.39 is 6.10 Å². The average Bonchev–Trinajstić information content (AvgIpc) is 2.94. The molecular formula is C16H22N2O3. The molecule has 0 fully saturated rings. The lowest BCUT2D eigenvalue weighted by Crippen LogP contribution is -2.13. The van der Waals surface area contributed by atoms with Gasteiger partial charge in [-0.2, -0.15) is 5.10 Å². The maximum absolute atomic E-state index is 10.2. The van der Waals surface area contributed by atoms with Crippen molar-refractivity contribution in [1.82, 2.24) is 9.78 Å². The lowest BCUT2D eigenvalue weighted by molar-refractivity contribution is 0.175. The number of aryl methyl sites for hydroxylation is 1. The zero-order valence-electron chi connectivity index (χ0n) is 12.7. The third-order valence-electron chi connectivity index (χ3n) is 3.40. The smallest absolute Gasteiger partial charge is 0.160 e. The van der Waals surface area contributed by atoms with Gasteiger partial charge in [0, 0.05) is 19.2 Å². The number of rotatable bonds is 7. The molecule has 1 aromatic carbocycles. The maximum atomic E-state index is 10.2. The molecule has 5 nitrogen and oxygen atoms in total. The van der Waals surface area contributed by atoms with Gasteiger partial charge >= 0.3 is 0 Å². The van der Waals surface area contributed by atoms with Gasteiger partial charge in [-0.3, -0.25) is 4.68 Å². The van der Waals surface area contributed by atoms with Crippen molar-refractivity contribution in [3.8, 4) is 11.5 Å². The molecule has 2 aromatic rings. The Morgan fingerprint density at radius 3 is 2.48 bits per heavy atom. The molecule has 0 aliphatic carbocycles. The van der Waals surface area contributed by atoms with E-state index in [1.54, 1.807) is 20.4 Å². The molecule has 0 aliphatic rings. The fraction of sp³-hybridized carbons (Fsp3) is 0.438. The molecule has 2 rings (SSSR count). The van der Waals surface area contributed by atoms with Gasteiger partial charge in [0.05, 0.1) is 26.5 Å². The molecule has 0 saturated carbocycles. The molecule has 5 heteroatoms. The van der Waals surface area contributed by atoms with Gasteiger partial charge in [-0.15, -0.1) is 0 Å². The quantitative estimate of drug-likeness (QED) is 0.848. The Morgan fingerprint density at radius 2 is 1.86 bits per heavy atom. The monoisotopic (exact) mass is 290 g/mol. The Balaban J connectivity index is 2.00. The largest absolute Gasteiger partial charge is 0.493 e. The summed E-state index contributed by atoms with van der Waals surface area (Å²) in [5.41, 5.74) is 2.06. The summed E-state index contributed by atoms with van der Waals surface area (Å²) in [6, 6.07) is 5.70. The molecule has 0 spiro atoms. The number of hydrogen-bond donors (Lipinski definition) is 1. The maximum Gasteiger partial charge on any atom is 0.160 e. The van der Waals surface area contributed by atoms with Crippen LogP contribution < -0.4 is 9.47 Å². The molecule has 1 aromatic heterocycles. The molecule has 1 N–H and O–H groups in total. The molecule has 0 saturated heterocycles. The zero-order chi connectivity index (χ0) is 15.2. The minimum atomic E-state index is -0.447. The van der Waals surface area contributed by atoms with Crippen molar-refractivity contribution < 1.29 is 14.6 Å². The second-order valence-electron chi connectivity index (χ2n) is 4.96. The first-order valence-corrected chi connectivity index (χ1v) is 7.06. The van der Waals surface area contributed by atoms with Crippen LogP contribution in [0.25, 0.3) is 0 Å². The second-order valence-corrected chi connectivity index (χ2v) is 4.96. The topological polar surface area (TPSA) is 56.5 Å². The molecule has 21 heavy (non-hydrogen) atoms. The number of methoxy groups -OCH3 is 2. The van der Waals surface area contributed by atoms with E-state index in [4.69, 9.17) is 9.47 Å². The first-order chi connectivity index (χ1) is 10.2. The highest BCUT2D eigenvalue weighted by atomic mass is 16.5. The summed E-state index contributed by atoms with van der Waals surface area (Å²) < 4.78 is 12.3. The van der Waals surface area contributed by atoms with Gasteiger partial charge in [0.2, 0.25) is 0 Å². The van der Waals surface area contributed by atoms with Crippen LogP contribution in [0.15, 0.2) is 30.6 Å². The van der Waals surface area contributed by atoms with E-state index in [-0.39, 0.29) is 0 Å². The SMILES string of the molecule is CCn1cc(CC(O)Cc2ccc(OC)c(OC)c2)cn1. The van der Waals surface area contributed by atoms with E-state index in [2.05, 4.69) is 5.10 Å². The van der Waals surface area contributed by atoms with Crippen LogP contribution in [0, 0.1) is 0 Å². The summed E-state index contributed by atoms with van der Waals surface area (Å²) in [6.07, 6.45) is 4.49. The van der Waals surface area contributed by atoms with E-state index in [0.717, 1.165) is 17.7 Å². The molecule has 114 valence electrons. The molecule has 1 heterocycles. The predicted molar refractivity (Wildman–Crippen MR) is 80.9 cm³/mol. The van der Waals surface area contributed by atoms with Crippen LogP contribution in [-0.2, 0) is 19.4 Å². The van der Waals surface area contributed by atoms with Crippen molar-refractivity contribution in [1.29, 1.82) is 0 Å². The fourth-order valence-electron chi connectivity index (χ4n) is 2.31. The molecule has 0 radical (unpaired) electrons. The Bertz CT molecular complexity index is 581. The van der Waals surface area contributed by atoms with E-state index in [1.807, 2.05) is 36.0 Å². The number of ether oxygens (including phenoxy) is 2. The summed E-state index contributed by atoms with van der Waals surface area (Å²) in [5.74, 6) is 1.38. The van der Waals surface area contributed by atoms with Crippen LogP contribution in [-0.4, -0.2) is 35.2 Å². The van der Waals surface area contributed by atoms with Gasteiger partial charge in [0.1, 0.15) is 0 Å². The van der Waals surface area contributed by atoms with E-state index in [9.17, 15) is 5.11 Å². The highest BCUT2D eigenvalue weighted by Crippen LogP contribution is 2.28. The Hall–Kier alpha value is -2.01. The summed E-state index contributed by atoms with van der Waals surface area (Å²) in [7, 11) is 3.22. The fourth-order valence-corrected chi connectivity index (χ4v) is 2.31. The highest BCUT2D eigenvalue weighted by Gasteiger charge is 2.11. The zero-order valence-corrected chi connectivity index (χ0v) is 12.7. The second kappa shape index (κ2) is 7.13. The average molecular weight is 290 g/mol.